The molecule has 3 unspecified atom stereocenters. The Balaban J connectivity index is 1.36. The van der Waals surface area contributed by atoms with E-state index in [-0.39, 0.29) is 42.0 Å². The van der Waals surface area contributed by atoms with Crippen LogP contribution >= 0.6 is 0 Å². The van der Waals surface area contributed by atoms with E-state index in [0.29, 0.717) is 25.1 Å². The first-order chi connectivity index (χ1) is 13.7. The van der Waals surface area contributed by atoms with E-state index in [1.807, 2.05) is 32.0 Å². The van der Waals surface area contributed by atoms with E-state index in [9.17, 15) is 14.4 Å². The highest BCUT2D eigenvalue weighted by Gasteiger charge is 2.39. The molecule has 0 radical (unpaired) electrons. The number of benzene rings is 1. The molecule has 8 heteroatoms. The van der Waals surface area contributed by atoms with E-state index in [4.69, 9.17) is 4.74 Å². The van der Waals surface area contributed by atoms with Gasteiger partial charge in [-0.15, -0.1) is 0 Å². The fourth-order valence-corrected chi connectivity index (χ4v) is 4.47. The number of amides is 3. The van der Waals surface area contributed by atoms with Crippen LogP contribution in [0.25, 0.3) is 0 Å². The molecule has 3 aliphatic rings. The zero-order valence-electron chi connectivity index (χ0n) is 17.1. The van der Waals surface area contributed by atoms with E-state index >= 15 is 0 Å². The van der Waals surface area contributed by atoms with Crippen LogP contribution in [0.2, 0.25) is 0 Å². The second-order valence-electron chi connectivity index (χ2n) is 8.61. The van der Waals surface area contributed by atoms with Crippen molar-refractivity contribution in [1.82, 2.24) is 20.9 Å². The van der Waals surface area contributed by atoms with Crippen LogP contribution in [0.4, 0.5) is 0 Å². The number of hydrogen-bond acceptors (Lipinski definition) is 6. The number of hydrogen-bond donors (Lipinski definition) is 3. The molecule has 4 rings (SSSR count). The van der Waals surface area contributed by atoms with E-state index in [1.54, 1.807) is 4.90 Å². The number of rotatable bonds is 5. The Morgan fingerprint density at radius 2 is 2.07 bits per heavy atom. The van der Waals surface area contributed by atoms with Gasteiger partial charge in [-0.25, -0.2) is 0 Å². The van der Waals surface area contributed by atoms with E-state index in [2.05, 4.69) is 22.9 Å². The average molecular weight is 400 g/mol. The van der Waals surface area contributed by atoms with Crippen LogP contribution in [0.15, 0.2) is 18.2 Å². The number of nitrogens with zero attached hydrogens (tertiary/aromatic N) is 1. The fourth-order valence-electron chi connectivity index (χ4n) is 4.47. The molecule has 3 aliphatic heterocycles. The molecule has 8 nitrogen and oxygen atoms in total. The van der Waals surface area contributed by atoms with Crippen molar-refractivity contribution in [2.24, 2.45) is 0 Å². The molecule has 2 saturated heterocycles. The third kappa shape index (κ3) is 4.05. The van der Waals surface area contributed by atoms with Gasteiger partial charge in [-0.3, -0.25) is 25.0 Å². The van der Waals surface area contributed by atoms with E-state index in [1.165, 1.54) is 0 Å². The van der Waals surface area contributed by atoms with Crippen LogP contribution in [0.1, 0.15) is 55.1 Å². The lowest BCUT2D eigenvalue weighted by Crippen LogP contribution is -2.52. The van der Waals surface area contributed by atoms with Gasteiger partial charge in [0.2, 0.25) is 11.8 Å². The molecule has 1 aromatic carbocycles. The molecular formula is C21H28N4O4. The Morgan fingerprint density at radius 3 is 2.76 bits per heavy atom. The molecule has 0 saturated carbocycles. The Bertz CT molecular complexity index is 853. The summed E-state index contributed by atoms with van der Waals surface area (Å²) in [6.45, 7) is 7.98. The number of imide groups is 1. The quantitative estimate of drug-likeness (QED) is 0.628. The number of piperidine rings is 1. The van der Waals surface area contributed by atoms with Crippen LogP contribution in [0.3, 0.4) is 0 Å². The van der Waals surface area contributed by atoms with Crippen LogP contribution in [0.5, 0.6) is 0 Å². The van der Waals surface area contributed by atoms with Gasteiger partial charge in [0.15, 0.2) is 0 Å². The standard InChI is InChI=1S/C21H28N4O4/c1-12-16(24-21(2,3)29-12)10-22-9-13-4-5-15-14(8-13)11-25(20(15)28)17-6-7-18(26)23-19(17)27/h4-5,8,12,16-17,22,24H,6-7,9-11H2,1-3H3,(H,23,26,27). The lowest BCUT2D eigenvalue weighted by molar-refractivity contribution is -0.136. The van der Waals surface area contributed by atoms with Crippen LogP contribution in [-0.2, 0) is 27.4 Å². The summed E-state index contributed by atoms with van der Waals surface area (Å²) in [6.07, 6.45) is 0.779. The molecule has 1 aromatic rings. The van der Waals surface area contributed by atoms with Gasteiger partial charge in [0.25, 0.3) is 5.91 Å². The second-order valence-corrected chi connectivity index (χ2v) is 8.61. The predicted octanol–water partition coefficient (Wildman–Crippen LogP) is 0.650. The minimum Gasteiger partial charge on any atom is -0.357 e. The molecule has 3 heterocycles. The molecule has 29 heavy (non-hydrogen) atoms. The summed E-state index contributed by atoms with van der Waals surface area (Å²) in [5.74, 6) is -0.798. The maximum absolute atomic E-state index is 12.7. The summed E-state index contributed by atoms with van der Waals surface area (Å²) >= 11 is 0. The van der Waals surface area contributed by atoms with Crippen molar-refractivity contribution < 1.29 is 19.1 Å². The molecule has 0 bridgehead atoms. The number of carbonyl (C=O) groups excluding carboxylic acids is 3. The Kier molecular flexibility index (Phi) is 5.18. The lowest BCUT2D eigenvalue weighted by atomic mass is 10.0. The normalized spacial score (nSPS) is 28.6. The van der Waals surface area contributed by atoms with Crippen molar-refractivity contribution in [1.29, 1.82) is 0 Å². The number of ether oxygens (including phenoxy) is 1. The van der Waals surface area contributed by atoms with E-state index < -0.39 is 6.04 Å². The molecule has 0 spiro atoms. The zero-order chi connectivity index (χ0) is 20.8. The molecule has 0 aliphatic carbocycles. The smallest absolute Gasteiger partial charge is 0.255 e. The van der Waals surface area contributed by atoms with Crippen LogP contribution in [0, 0.1) is 0 Å². The summed E-state index contributed by atoms with van der Waals surface area (Å²) in [4.78, 5) is 37.8. The number of carbonyl (C=O) groups is 3. The number of fused-ring (bicyclic) bond motifs is 1. The monoisotopic (exact) mass is 400 g/mol. The zero-order valence-corrected chi connectivity index (χ0v) is 17.1. The first-order valence-corrected chi connectivity index (χ1v) is 10.2. The average Bonchev–Trinajstić information content (AvgIpc) is 3.10. The summed E-state index contributed by atoms with van der Waals surface area (Å²) in [6, 6.07) is 5.47. The van der Waals surface area contributed by atoms with Gasteiger partial charge in [-0.05, 0) is 44.4 Å². The van der Waals surface area contributed by atoms with Crippen LogP contribution in [-0.4, -0.2) is 53.1 Å². The largest absolute Gasteiger partial charge is 0.357 e. The highest BCUT2D eigenvalue weighted by molar-refractivity contribution is 6.05. The SMILES string of the molecule is CC1OC(C)(C)NC1CNCc1ccc2c(c1)CN(C1CCC(=O)NC1=O)C2=O. The second kappa shape index (κ2) is 7.51. The van der Waals surface area contributed by atoms with Crippen molar-refractivity contribution in [2.75, 3.05) is 6.54 Å². The van der Waals surface area contributed by atoms with Crippen molar-refractivity contribution >= 4 is 17.7 Å². The summed E-state index contributed by atoms with van der Waals surface area (Å²) in [5, 5.41) is 9.25. The topological polar surface area (TPSA) is 99.8 Å². The first-order valence-electron chi connectivity index (χ1n) is 10.2. The van der Waals surface area contributed by atoms with Crippen molar-refractivity contribution in [2.45, 2.75) is 70.6 Å². The maximum atomic E-state index is 12.7. The fraction of sp³-hybridized carbons (Fsp3) is 0.571. The van der Waals surface area contributed by atoms with Crippen molar-refractivity contribution in [3.8, 4) is 0 Å². The minimum atomic E-state index is -0.576. The molecule has 3 N–H and O–H groups in total. The van der Waals surface area contributed by atoms with Gasteiger partial charge in [0.1, 0.15) is 11.8 Å². The van der Waals surface area contributed by atoms with Crippen molar-refractivity contribution in [3.05, 3.63) is 34.9 Å². The molecule has 156 valence electrons. The number of nitrogens with one attached hydrogen (secondary N) is 3. The molecule has 0 aromatic heterocycles. The first kappa shape index (κ1) is 20.0. The molecule has 2 fully saturated rings. The Labute approximate surface area is 170 Å². The highest BCUT2D eigenvalue weighted by Crippen LogP contribution is 2.28. The Hall–Kier alpha value is -2.29. The molecular weight excluding hydrogens is 372 g/mol. The summed E-state index contributed by atoms with van der Waals surface area (Å²) in [5.41, 5.74) is 2.35. The predicted molar refractivity (Wildman–Crippen MR) is 106 cm³/mol. The van der Waals surface area contributed by atoms with Gasteiger partial charge < -0.3 is 15.0 Å². The van der Waals surface area contributed by atoms with Crippen molar-refractivity contribution in [3.63, 3.8) is 0 Å². The molecule has 3 amide bonds. The summed E-state index contributed by atoms with van der Waals surface area (Å²) < 4.78 is 5.87. The van der Waals surface area contributed by atoms with E-state index in [0.717, 1.165) is 17.7 Å². The Morgan fingerprint density at radius 1 is 1.28 bits per heavy atom. The third-order valence-electron chi connectivity index (χ3n) is 5.86. The maximum Gasteiger partial charge on any atom is 0.255 e. The third-order valence-corrected chi connectivity index (χ3v) is 5.86. The van der Waals surface area contributed by atoms with Gasteiger partial charge in [0.05, 0.1) is 6.10 Å². The van der Waals surface area contributed by atoms with Crippen LogP contribution < -0.4 is 16.0 Å². The van der Waals surface area contributed by atoms with Gasteiger partial charge in [-0.2, -0.15) is 0 Å². The lowest BCUT2D eigenvalue weighted by Gasteiger charge is -2.29. The molecule has 3 atom stereocenters. The highest BCUT2D eigenvalue weighted by atomic mass is 16.5. The minimum absolute atomic E-state index is 0.136. The van der Waals surface area contributed by atoms with Gasteiger partial charge >= 0.3 is 0 Å². The summed E-state index contributed by atoms with van der Waals surface area (Å²) in [7, 11) is 0. The van der Waals surface area contributed by atoms with Gasteiger partial charge in [-0.1, -0.05) is 12.1 Å². The van der Waals surface area contributed by atoms with Gasteiger partial charge in [0, 0.05) is 37.7 Å².